The van der Waals surface area contributed by atoms with E-state index in [2.05, 4.69) is 10.6 Å². The summed E-state index contributed by atoms with van der Waals surface area (Å²) in [6.07, 6.45) is 0. The Balaban J connectivity index is 1.95. The Bertz CT molecular complexity index is 475. The molecular weight excluding hydrogens is 289 g/mol. The molecule has 1 aliphatic heterocycles. The van der Waals surface area contributed by atoms with E-state index < -0.39 is 5.51 Å². The van der Waals surface area contributed by atoms with Gasteiger partial charge in [0, 0.05) is 17.1 Å². The Morgan fingerprint density at radius 3 is 2.45 bits per heavy atom. The Morgan fingerprint density at radius 1 is 1.30 bits per heavy atom. The molecule has 0 aliphatic carbocycles. The summed E-state index contributed by atoms with van der Waals surface area (Å²) in [5.74, 6) is 0.0630. The second-order valence-corrected chi connectivity index (χ2v) is 5.94. The summed E-state index contributed by atoms with van der Waals surface area (Å²) in [7, 11) is 0. The van der Waals surface area contributed by atoms with E-state index in [9.17, 15) is 18.0 Å². The highest BCUT2D eigenvalue weighted by Crippen LogP contribution is 2.37. The Morgan fingerprint density at radius 2 is 1.95 bits per heavy atom. The van der Waals surface area contributed by atoms with Gasteiger partial charge in [0.15, 0.2) is 0 Å². The molecule has 1 fully saturated rings. The van der Waals surface area contributed by atoms with Gasteiger partial charge in [-0.2, -0.15) is 13.2 Å². The van der Waals surface area contributed by atoms with Crippen LogP contribution in [-0.4, -0.2) is 24.5 Å². The highest BCUT2D eigenvalue weighted by atomic mass is 32.2. The van der Waals surface area contributed by atoms with Gasteiger partial charge < -0.3 is 10.6 Å². The van der Waals surface area contributed by atoms with Crippen LogP contribution in [0.25, 0.3) is 0 Å². The van der Waals surface area contributed by atoms with Crippen LogP contribution >= 0.6 is 11.8 Å². The van der Waals surface area contributed by atoms with Gasteiger partial charge in [0.25, 0.3) is 0 Å². The van der Waals surface area contributed by atoms with E-state index in [-0.39, 0.29) is 34.4 Å². The van der Waals surface area contributed by atoms with Crippen molar-refractivity contribution in [3.05, 3.63) is 24.3 Å². The molecule has 3 nitrogen and oxygen atoms in total. The number of carbonyl (C=O) groups excluding carboxylic acids is 1. The number of anilines is 1. The fourth-order valence-electron chi connectivity index (χ4n) is 2.14. The molecule has 0 saturated carbocycles. The van der Waals surface area contributed by atoms with Gasteiger partial charge in [-0.3, -0.25) is 4.79 Å². The molecule has 110 valence electrons. The number of rotatable bonds is 3. The molecule has 2 rings (SSSR count). The second kappa shape index (κ2) is 6.05. The molecule has 7 heteroatoms. The molecule has 2 atom stereocenters. The Kier molecular flexibility index (Phi) is 4.59. The lowest BCUT2D eigenvalue weighted by Gasteiger charge is -2.14. The smallest absolute Gasteiger partial charge is 0.326 e. The summed E-state index contributed by atoms with van der Waals surface area (Å²) in [6, 6.07) is 5.67. The first-order valence-electron chi connectivity index (χ1n) is 6.22. The fraction of sp³-hybridized carbons (Fsp3) is 0.462. The molecule has 1 aromatic rings. The molecule has 1 saturated heterocycles. The number of hydrogen-bond acceptors (Lipinski definition) is 3. The van der Waals surface area contributed by atoms with Crippen molar-refractivity contribution in [3.63, 3.8) is 0 Å². The first-order chi connectivity index (χ1) is 9.35. The quantitative estimate of drug-likeness (QED) is 0.843. The van der Waals surface area contributed by atoms with Crippen molar-refractivity contribution in [2.45, 2.75) is 17.3 Å². The Hall–Kier alpha value is -1.21. The topological polar surface area (TPSA) is 41.1 Å². The fourth-order valence-corrected chi connectivity index (χ4v) is 2.68. The molecule has 20 heavy (non-hydrogen) atoms. The monoisotopic (exact) mass is 304 g/mol. The highest BCUT2D eigenvalue weighted by molar-refractivity contribution is 8.00. The normalized spacial score (nSPS) is 22.8. The van der Waals surface area contributed by atoms with E-state index in [4.69, 9.17) is 0 Å². The van der Waals surface area contributed by atoms with Crippen molar-refractivity contribution in [2.75, 3.05) is 18.4 Å². The molecule has 2 N–H and O–H groups in total. The SMILES string of the molecule is C[C@@H]1CNC[C@H]1C(=O)Nc1ccc(SC(F)(F)F)cc1. The lowest BCUT2D eigenvalue weighted by Crippen LogP contribution is -2.27. The van der Waals surface area contributed by atoms with Crippen LogP contribution in [0.4, 0.5) is 18.9 Å². The third-order valence-corrected chi connectivity index (χ3v) is 3.95. The van der Waals surface area contributed by atoms with Crippen molar-refractivity contribution < 1.29 is 18.0 Å². The number of thioether (sulfide) groups is 1. The van der Waals surface area contributed by atoms with E-state index in [1.807, 2.05) is 6.92 Å². The van der Waals surface area contributed by atoms with Crippen molar-refractivity contribution in [3.8, 4) is 0 Å². The minimum atomic E-state index is -4.30. The van der Waals surface area contributed by atoms with Crippen LogP contribution in [0.2, 0.25) is 0 Å². The first-order valence-corrected chi connectivity index (χ1v) is 7.04. The molecular formula is C13H15F3N2OS. The lowest BCUT2D eigenvalue weighted by atomic mass is 9.97. The number of halogens is 3. The summed E-state index contributed by atoms with van der Waals surface area (Å²) in [5.41, 5.74) is -3.78. The number of carbonyl (C=O) groups is 1. The summed E-state index contributed by atoms with van der Waals surface area (Å²) in [4.78, 5) is 12.1. The van der Waals surface area contributed by atoms with Gasteiger partial charge in [-0.1, -0.05) is 6.92 Å². The van der Waals surface area contributed by atoms with Crippen LogP contribution in [0.3, 0.4) is 0 Å². The number of amides is 1. The van der Waals surface area contributed by atoms with E-state index >= 15 is 0 Å². The summed E-state index contributed by atoms with van der Waals surface area (Å²) in [5, 5.41) is 5.87. The molecule has 1 aliphatic rings. The van der Waals surface area contributed by atoms with Crippen LogP contribution < -0.4 is 10.6 Å². The molecule has 0 bridgehead atoms. The maximum absolute atomic E-state index is 12.2. The van der Waals surface area contributed by atoms with Gasteiger partial charge in [-0.25, -0.2) is 0 Å². The number of benzene rings is 1. The van der Waals surface area contributed by atoms with Crippen LogP contribution in [0, 0.1) is 11.8 Å². The van der Waals surface area contributed by atoms with Crippen LogP contribution in [0.1, 0.15) is 6.92 Å². The minimum absolute atomic E-state index is 0.0979. The van der Waals surface area contributed by atoms with Gasteiger partial charge in [0.2, 0.25) is 5.91 Å². The second-order valence-electron chi connectivity index (χ2n) is 4.80. The maximum atomic E-state index is 12.2. The standard InChI is InChI=1S/C13H15F3N2OS/c1-8-6-17-7-11(8)12(19)18-9-2-4-10(5-3-9)20-13(14,15)16/h2-5,8,11,17H,6-7H2,1H3,(H,18,19)/t8-,11-/m1/s1. The van der Waals surface area contributed by atoms with Crippen molar-refractivity contribution in [1.29, 1.82) is 0 Å². The largest absolute Gasteiger partial charge is 0.446 e. The van der Waals surface area contributed by atoms with Gasteiger partial charge in [-0.15, -0.1) is 0 Å². The molecule has 0 spiro atoms. The predicted molar refractivity (Wildman–Crippen MR) is 72.5 cm³/mol. The lowest BCUT2D eigenvalue weighted by molar-refractivity contribution is -0.120. The van der Waals surface area contributed by atoms with Crippen LogP contribution in [0.5, 0.6) is 0 Å². The van der Waals surface area contributed by atoms with Crippen molar-refractivity contribution in [2.24, 2.45) is 11.8 Å². The van der Waals surface area contributed by atoms with Crippen LogP contribution in [-0.2, 0) is 4.79 Å². The van der Waals surface area contributed by atoms with E-state index in [1.54, 1.807) is 0 Å². The number of nitrogens with one attached hydrogen (secondary N) is 2. The van der Waals surface area contributed by atoms with Crippen molar-refractivity contribution in [1.82, 2.24) is 5.32 Å². The first kappa shape index (κ1) is 15.2. The minimum Gasteiger partial charge on any atom is -0.326 e. The number of hydrogen-bond donors (Lipinski definition) is 2. The zero-order valence-corrected chi connectivity index (χ0v) is 11.6. The van der Waals surface area contributed by atoms with Gasteiger partial charge in [0.05, 0.1) is 5.92 Å². The zero-order valence-electron chi connectivity index (χ0n) is 10.8. The summed E-state index contributed by atoms with van der Waals surface area (Å²) >= 11 is -0.169. The third-order valence-electron chi connectivity index (χ3n) is 3.21. The van der Waals surface area contributed by atoms with Crippen molar-refractivity contribution >= 4 is 23.4 Å². The van der Waals surface area contributed by atoms with Gasteiger partial charge in [-0.05, 0) is 48.5 Å². The molecule has 0 unspecified atom stereocenters. The third kappa shape index (κ3) is 4.14. The van der Waals surface area contributed by atoms with E-state index in [0.29, 0.717) is 12.2 Å². The molecule has 1 aromatic carbocycles. The summed E-state index contributed by atoms with van der Waals surface area (Å²) in [6.45, 7) is 3.43. The van der Waals surface area contributed by atoms with Gasteiger partial charge >= 0.3 is 5.51 Å². The Labute approximate surface area is 119 Å². The predicted octanol–water partition coefficient (Wildman–Crippen LogP) is 3.09. The van der Waals surface area contributed by atoms with Gasteiger partial charge in [0.1, 0.15) is 0 Å². The van der Waals surface area contributed by atoms with E-state index in [1.165, 1.54) is 24.3 Å². The average molecular weight is 304 g/mol. The molecule has 0 radical (unpaired) electrons. The number of alkyl halides is 3. The summed E-state index contributed by atoms with van der Waals surface area (Å²) < 4.78 is 36.6. The average Bonchev–Trinajstić information content (AvgIpc) is 2.76. The molecule has 1 amide bonds. The van der Waals surface area contributed by atoms with E-state index in [0.717, 1.165) is 6.54 Å². The maximum Gasteiger partial charge on any atom is 0.446 e. The highest BCUT2D eigenvalue weighted by Gasteiger charge is 2.30. The van der Waals surface area contributed by atoms with Crippen LogP contribution in [0.15, 0.2) is 29.2 Å². The molecule has 0 aromatic heterocycles. The molecule has 1 heterocycles. The zero-order chi connectivity index (χ0) is 14.8.